The van der Waals surface area contributed by atoms with E-state index in [1.54, 1.807) is 19.9 Å². The van der Waals surface area contributed by atoms with Gasteiger partial charge < -0.3 is 20.5 Å². The number of hydrogen-bond donors (Lipinski definition) is 3. The van der Waals surface area contributed by atoms with Gasteiger partial charge in [0.1, 0.15) is 0 Å². The normalized spacial score (nSPS) is 13.5. The van der Waals surface area contributed by atoms with E-state index in [9.17, 15) is 9.18 Å². The maximum Gasteiger partial charge on any atom is 0.315 e. The Kier molecular flexibility index (Phi) is 5.57. The van der Waals surface area contributed by atoms with E-state index in [0.29, 0.717) is 5.56 Å². The third-order valence-corrected chi connectivity index (χ3v) is 2.58. The predicted octanol–water partition coefficient (Wildman–Crippen LogP) is 1.58. The summed E-state index contributed by atoms with van der Waals surface area (Å²) >= 11 is 0. The molecule has 0 aliphatic rings. The topological polar surface area (TPSA) is 70.6 Å². The molecule has 0 bridgehead atoms. The Hall–Kier alpha value is -1.82. The Morgan fingerprint density at radius 2 is 2.16 bits per heavy atom. The van der Waals surface area contributed by atoms with Gasteiger partial charge in [0.15, 0.2) is 11.6 Å². The quantitative estimate of drug-likeness (QED) is 0.760. The summed E-state index contributed by atoms with van der Waals surface area (Å²) in [4.78, 5) is 11.5. The zero-order chi connectivity index (χ0) is 14.4. The average molecular weight is 270 g/mol. The number of urea groups is 1. The number of ether oxygens (including phenoxy) is 1. The van der Waals surface area contributed by atoms with E-state index < -0.39 is 18.0 Å². The van der Waals surface area contributed by atoms with Crippen molar-refractivity contribution >= 4 is 6.03 Å². The van der Waals surface area contributed by atoms with Crippen LogP contribution in [-0.2, 0) is 0 Å². The lowest BCUT2D eigenvalue weighted by Gasteiger charge is -2.16. The van der Waals surface area contributed by atoms with Gasteiger partial charge in [-0.2, -0.15) is 0 Å². The van der Waals surface area contributed by atoms with Gasteiger partial charge in [0.25, 0.3) is 0 Å². The van der Waals surface area contributed by atoms with Crippen LogP contribution < -0.4 is 15.4 Å². The van der Waals surface area contributed by atoms with Crippen molar-refractivity contribution in [3.8, 4) is 5.75 Å². The molecule has 5 nitrogen and oxygen atoms in total. The number of rotatable bonds is 5. The number of carbonyl (C=O) groups excluding carboxylic acids is 1. The van der Waals surface area contributed by atoms with Gasteiger partial charge in [0.2, 0.25) is 0 Å². The van der Waals surface area contributed by atoms with Crippen molar-refractivity contribution in [3.05, 3.63) is 29.6 Å². The Morgan fingerprint density at radius 1 is 1.47 bits per heavy atom. The van der Waals surface area contributed by atoms with Crippen molar-refractivity contribution < 1.29 is 19.0 Å². The summed E-state index contributed by atoms with van der Waals surface area (Å²) in [6.45, 7) is 3.47. The third-order valence-electron chi connectivity index (χ3n) is 2.58. The van der Waals surface area contributed by atoms with Gasteiger partial charge in [-0.25, -0.2) is 9.18 Å². The summed E-state index contributed by atoms with van der Waals surface area (Å²) in [5, 5.41) is 14.2. The number of nitrogens with one attached hydrogen (secondary N) is 2. The SMILES string of the molecule is COc1ccc([C@H](C)NC(=O)NC[C@@H](C)O)cc1F. The van der Waals surface area contributed by atoms with Crippen LogP contribution in [0.3, 0.4) is 0 Å². The lowest BCUT2D eigenvalue weighted by Crippen LogP contribution is -2.40. The summed E-state index contributed by atoms with van der Waals surface area (Å²) < 4.78 is 18.3. The monoisotopic (exact) mass is 270 g/mol. The molecule has 0 saturated carbocycles. The second kappa shape index (κ2) is 6.94. The number of carbonyl (C=O) groups is 1. The summed E-state index contributed by atoms with van der Waals surface area (Å²) in [5.41, 5.74) is 0.630. The smallest absolute Gasteiger partial charge is 0.315 e. The molecule has 0 aliphatic heterocycles. The third kappa shape index (κ3) is 4.75. The molecule has 2 amide bonds. The minimum atomic E-state index is -0.612. The maximum atomic E-state index is 13.5. The van der Waals surface area contributed by atoms with E-state index in [1.165, 1.54) is 19.2 Å². The molecule has 1 aromatic carbocycles. The van der Waals surface area contributed by atoms with Gasteiger partial charge in [-0.05, 0) is 31.5 Å². The van der Waals surface area contributed by atoms with Crippen LogP contribution in [0.2, 0.25) is 0 Å². The zero-order valence-corrected chi connectivity index (χ0v) is 11.2. The number of hydrogen-bond acceptors (Lipinski definition) is 3. The highest BCUT2D eigenvalue weighted by atomic mass is 19.1. The largest absolute Gasteiger partial charge is 0.494 e. The number of halogens is 1. The van der Waals surface area contributed by atoms with Gasteiger partial charge in [0.05, 0.1) is 19.3 Å². The second-order valence-corrected chi connectivity index (χ2v) is 4.32. The maximum absolute atomic E-state index is 13.5. The van der Waals surface area contributed by atoms with Crippen LogP contribution in [0.15, 0.2) is 18.2 Å². The number of methoxy groups -OCH3 is 1. The second-order valence-electron chi connectivity index (χ2n) is 4.32. The molecule has 2 atom stereocenters. The van der Waals surface area contributed by atoms with E-state index >= 15 is 0 Å². The Bertz CT molecular complexity index is 438. The lowest BCUT2D eigenvalue weighted by molar-refractivity contribution is 0.187. The van der Waals surface area contributed by atoms with Gasteiger partial charge in [-0.1, -0.05) is 6.07 Å². The van der Waals surface area contributed by atoms with Gasteiger partial charge in [-0.15, -0.1) is 0 Å². The fourth-order valence-corrected chi connectivity index (χ4v) is 1.52. The highest BCUT2D eigenvalue weighted by Crippen LogP contribution is 2.21. The van der Waals surface area contributed by atoms with Crippen molar-refractivity contribution in [2.24, 2.45) is 0 Å². The van der Waals surface area contributed by atoms with Gasteiger partial charge in [0, 0.05) is 6.54 Å². The summed E-state index contributed by atoms with van der Waals surface area (Å²) in [6, 6.07) is 3.75. The van der Waals surface area contributed by atoms with Crippen molar-refractivity contribution in [3.63, 3.8) is 0 Å². The van der Waals surface area contributed by atoms with Crippen molar-refractivity contribution in [2.75, 3.05) is 13.7 Å². The standard InChI is InChI=1S/C13H19FN2O3/c1-8(17)7-15-13(18)16-9(2)10-4-5-12(19-3)11(14)6-10/h4-6,8-9,17H,7H2,1-3H3,(H2,15,16,18)/t8-,9+/m1/s1. The molecule has 0 saturated heterocycles. The summed E-state index contributed by atoms with van der Waals surface area (Å²) in [5.74, 6) is -0.312. The van der Waals surface area contributed by atoms with Crippen LogP contribution in [0, 0.1) is 5.82 Å². The van der Waals surface area contributed by atoms with Crippen LogP contribution in [0.1, 0.15) is 25.5 Å². The molecule has 0 heterocycles. The number of aliphatic hydroxyl groups is 1. The minimum Gasteiger partial charge on any atom is -0.494 e. The van der Waals surface area contributed by atoms with Crippen LogP contribution >= 0.6 is 0 Å². The Morgan fingerprint density at radius 3 is 2.68 bits per heavy atom. The van der Waals surface area contributed by atoms with E-state index in [-0.39, 0.29) is 18.3 Å². The molecular weight excluding hydrogens is 251 g/mol. The van der Waals surface area contributed by atoms with E-state index in [1.807, 2.05) is 0 Å². The van der Waals surface area contributed by atoms with E-state index in [0.717, 1.165) is 0 Å². The first kappa shape index (κ1) is 15.2. The van der Waals surface area contributed by atoms with Crippen LogP contribution in [0.25, 0.3) is 0 Å². The Balaban J connectivity index is 2.60. The first-order valence-electron chi connectivity index (χ1n) is 6.00. The van der Waals surface area contributed by atoms with Crippen LogP contribution in [-0.4, -0.2) is 30.9 Å². The summed E-state index contributed by atoms with van der Waals surface area (Å²) in [6.07, 6.45) is -0.612. The molecule has 19 heavy (non-hydrogen) atoms. The first-order chi connectivity index (χ1) is 8.93. The number of aliphatic hydroxyl groups excluding tert-OH is 1. The van der Waals surface area contributed by atoms with Crippen molar-refractivity contribution in [1.82, 2.24) is 10.6 Å². The average Bonchev–Trinajstić information content (AvgIpc) is 2.36. The highest BCUT2D eigenvalue weighted by Gasteiger charge is 2.12. The molecule has 0 fully saturated rings. The lowest BCUT2D eigenvalue weighted by atomic mass is 10.1. The van der Waals surface area contributed by atoms with Gasteiger partial charge >= 0.3 is 6.03 Å². The van der Waals surface area contributed by atoms with Crippen molar-refractivity contribution in [1.29, 1.82) is 0 Å². The molecule has 0 aromatic heterocycles. The van der Waals surface area contributed by atoms with E-state index in [2.05, 4.69) is 10.6 Å². The molecular formula is C13H19FN2O3. The molecule has 0 spiro atoms. The molecule has 1 rings (SSSR count). The van der Waals surface area contributed by atoms with Crippen molar-refractivity contribution in [2.45, 2.75) is 26.0 Å². The number of amides is 2. The van der Waals surface area contributed by atoms with Crippen LogP contribution in [0.4, 0.5) is 9.18 Å². The molecule has 6 heteroatoms. The van der Waals surface area contributed by atoms with Crippen LogP contribution in [0.5, 0.6) is 5.75 Å². The fourth-order valence-electron chi connectivity index (χ4n) is 1.52. The minimum absolute atomic E-state index is 0.162. The van der Waals surface area contributed by atoms with Gasteiger partial charge in [-0.3, -0.25) is 0 Å². The molecule has 0 aliphatic carbocycles. The predicted molar refractivity (Wildman–Crippen MR) is 69.6 cm³/mol. The molecule has 0 radical (unpaired) electrons. The zero-order valence-electron chi connectivity index (χ0n) is 11.2. The molecule has 106 valence electrons. The first-order valence-corrected chi connectivity index (χ1v) is 6.00. The molecule has 0 unspecified atom stereocenters. The fraction of sp³-hybridized carbons (Fsp3) is 0.462. The van der Waals surface area contributed by atoms with E-state index in [4.69, 9.17) is 9.84 Å². The summed E-state index contributed by atoms with van der Waals surface area (Å²) in [7, 11) is 1.39. The molecule has 1 aromatic rings. The molecule has 3 N–H and O–H groups in total. The Labute approximate surface area is 111 Å². The number of benzene rings is 1. The highest BCUT2D eigenvalue weighted by molar-refractivity contribution is 5.74.